The number of amides is 1. The highest BCUT2D eigenvalue weighted by Gasteiger charge is 2.20. The lowest BCUT2D eigenvalue weighted by Crippen LogP contribution is -2.25. The van der Waals surface area contributed by atoms with E-state index in [1.54, 1.807) is 29.8 Å². The normalized spacial score (nSPS) is 11.0. The van der Waals surface area contributed by atoms with Gasteiger partial charge in [-0.1, -0.05) is 6.07 Å². The van der Waals surface area contributed by atoms with Crippen LogP contribution in [0.2, 0.25) is 0 Å². The molecule has 0 aromatic carbocycles. The van der Waals surface area contributed by atoms with Crippen molar-refractivity contribution in [3.8, 4) is 11.4 Å². The van der Waals surface area contributed by atoms with Crippen LogP contribution in [-0.4, -0.2) is 35.7 Å². The zero-order valence-corrected chi connectivity index (χ0v) is 16.9. The lowest BCUT2D eigenvalue weighted by Gasteiger charge is -2.10. The number of rotatable bonds is 8. The molecule has 5 nitrogen and oxygen atoms in total. The molecule has 0 unspecified atom stereocenters. The van der Waals surface area contributed by atoms with E-state index in [9.17, 15) is 4.79 Å². The fourth-order valence-corrected chi connectivity index (χ4v) is 4.14. The van der Waals surface area contributed by atoms with Crippen LogP contribution in [0.5, 0.6) is 0 Å². The molecule has 0 aliphatic heterocycles. The van der Waals surface area contributed by atoms with Crippen molar-refractivity contribution in [3.05, 3.63) is 50.1 Å². The van der Waals surface area contributed by atoms with Gasteiger partial charge in [0.1, 0.15) is 0 Å². The molecule has 7 heteroatoms. The minimum absolute atomic E-state index is 0.0447. The third-order valence-corrected chi connectivity index (χ3v) is 5.83. The molecule has 3 heterocycles. The van der Waals surface area contributed by atoms with Gasteiger partial charge >= 0.3 is 0 Å². The number of nitrogens with one attached hydrogen (secondary N) is 1. The van der Waals surface area contributed by atoms with Crippen molar-refractivity contribution in [3.63, 3.8) is 0 Å². The average molecular weight is 390 g/mol. The van der Waals surface area contributed by atoms with Crippen LogP contribution in [0.3, 0.4) is 0 Å². The van der Waals surface area contributed by atoms with E-state index in [0.29, 0.717) is 18.7 Å². The highest BCUT2D eigenvalue weighted by atomic mass is 32.1. The second-order valence-electron chi connectivity index (χ2n) is 6.05. The number of aryl methyl sites for hydroxylation is 1. The maximum absolute atomic E-state index is 12.7. The lowest BCUT2D eigenvalue weighted by atomic mass is 10.2. The van der Waals surface area contributed by atoms with Gasteiger partial charge in [0.2, 0.25) is 0 Å². The van der Waals surface area contributed by atoms with Gasteiger partial charge in [-0.3, -0.25) is 4.79 Å². The molecule has 0 bridgehead atoms. The maximum atomic E-state index is 12.7. The third-order valence-electron chi connectivity index (χ3n) is 4.20. The fourth-order valence-electron chi connectivity index (χ4n) is 2.84. The Morgan fingerprint density at radius 3 is 2.85 bits per heavy atom. The van der Waals surface area contributed by atoms with Crippen LogP contribution in [-0.2, 0) is 11.3 Å². The first-order valence-electron chi connectivity index (χ1n) is 8.52. The molecular formula is C19H23N3O2S2. The Balaban J connectivity index is 1.90. The summed E-state index contributed by atoms with van der Waals surface area (Å²) in [6, 6.07) is 6.13. The summed E-state index contributed by atoms with van der Waals surface area (Å²) < 4.78 is 7.22. The molecule has 0 fully saturated rings. The first-order chi connectivity index (χ1) is 12.6. The summed E-state index contributed by atoms with van der Waals surface area (Å²) in [5, 5.41) is 8.13. The van der Waals surface area contributed by atoms with E-state index in [2.05, 4.69) is 37.8 Å². The standard InChI is InChI=1S/C19H23N3O2S2/c1-13-16(19(23)20-7-5-8-24-3)10-18(17-12-26-14(2)21-17)22(13)11-15-6-4-9-25-15/h4,6,9-10,12H,5,7-8,11H2,1-3H3,(H,20,23). The molecule has 1 amide bonds. The van der Waals surface area contributed by atoms with Gasteiger partial charge in [-0.15, -0.1) is 22.7 Å². The minimum Gasteiger partial charge on any atom is -0.385 e. The number of aromatic nitrogens is 2. The summed E-state index contributed by atoms with van der Waals surface area (Å²) >= 11 is 3.34. The van der Waals surface area contributed by atoms with Crippen LogP contribution in [0.15, 0.2) is 29.0 Å². The summed E-state index contributed by atoms with van der Waals surface area (Å²) in [6.07, 6.45) is 0.801. The van der Waals surface area contributed by atoms with Crippen LogP contribution >= 0.6 is 22.7 Å². The molecule has 0 atom stereocenters. The van der Waals surface area contributed by atoms with Gasteiger partial charge in [0.25, 0.3) is 5.91 Å². The molecule has 1 N–H and O–H groups in total. The van der Waals surface area contributed by atoms with Crippen LogP contribution in [0, 0.1) is 13.8 Å². The molecule has 3 aromatic rings. The lowest BCUT2D eigenvalue weighted by molar-refractivity contribution is 0.0948. The SMILES string of the molecule is COCCCNC(=O)c1cc(-c2csc(C)n2)n(Cc2cccs2)c1C. The topological polar surface area (TPSA) is 56.1 Å². The Kier molecular flexibility index (Phi) is 6.24. The molecule has 26 heavy (non-hydrogen) atoms. The Morgan fingerprint density at radius 2 is 2.19 bits per heavy atom. The third kappa shape index (κ3) is 4.23. The smallest absolute Gasteiger partial charge is 0.253 e. The van der Waals surface area contributed by atoms with Crippen molar-refractivity contribution in [2.45, 2.75) is 26.8 Å². The molecule has 0 spiro atoms. The van der Waals surface area contributed by atoms with Crippen LogP contribution in [0.1, 0.15) is 32.4 Å². The molecule has 0 radical (unpaired) electrons. The summed E-state index contributed by atoms with van der Waals surface area (Å²) in [7, 11) is 1.67. The number of carbonyl (C=O) groups excluding carboxylic acids is 1. The molecule has 0 aliphatic rings. The van der Waals surface area contributed by atoms with Gasteiger partial charge in [-0.05, 0) is 37.8 Å². The number of carbonyl (C=O) groups is 1. The number of nitrogens with zero attached hydrogens (tertiary/aromatic N) is 2. The molecule has 0 aliphatic carbocycles. The van der Waals surface area contributed by atoms with E-state index in [-0.39, 0.29) is 5.91 Å². The highest BCUT2D eigenvalue weighted by Crippen LogP contribution is 2.28. The first kappa shape index (κ1) is 18.8. The molecule has 0 saturated carbocycles. The van der Waals surface area contributed by atoms with E-state index in [0.717, 1.165) is 35.1 Å². The van der Waals surface area contributed by atoms with Crippen molar-refractivity contribution >= 4 is 28.6 Å². The highest BCUT2D eigenvalue weighted by molar-refractivity contribution is 7.10. The summed E-state index contributed by atoms with van der Waals surface area (Å²) in [6.45, 7) is 5.99. The number of thiophene rings is 1. The fraction of sp³-hybridized carbons (Fsp3) is 0.368. The van der Waals surface area contributed by atoms with Gasteiger partial charge in [0.15, 0.2) is 0 Å². The number of hydrogen-bond acceptors (Lipinski definition) is 5. The zero-order valence-electron chi connectivity index (χ0n) is 15.2. The van der Waals surface area contributed by atoms with Gasteiger partial charge in [-0.2, -0.15) is 0 Å². The number of thiazole rings is 1. The minimum atomic E-state index is -0.0447. The van der Waals surface area contributed by atoms with Crippen LogP contribution in [0.4, 0.5) is 0 Å². The quantitative estimate of drug-likeness (QED) is 0.590. The van der Waals surface area contributed by atoms with E-state index in [1.165, 1.54) is 4.88 Å². The van der Waals surface area contributed by atoms with Crippen molar-refractivity contribution in [2.75, 3.05) is 20.3 Å². The molecule has 3 aromatic heterocycles. The molecule has 0 saturated heterocycles. The van der Waals surface area contributed by atoms with E-state index in [4.69, 9.17) is 4.74 Å². The predicted octanol–water partition coefficient (Wildman–Crippen LogP) is 4.10. The Morgan fingerprint density at radius 1 is 1.35 bits per heavy atom. The van der Waals surface area contributed by atoms with Gasteiger partial charge < -0.3 is 14.6 Å². The summed E-state index contributed by atoms with van der Waals surface area (Å²) in [4.78, 5) is 18.5. The Labute approximate surface area is 161 Å². The summed E-state index contributed by atoms with van der Waals surface area (Å²) in [5.41, 5.74) is 3.58. The van der Waals surface area contributed by atoms with Crippen molar-refractivity contribution in [2.24, 2.45) is 0 Å². The van der Waals surface area contributed by atoms with E-state index >= 15 is 0 Å². The Hall–Kier alpha value is -1.96. The monoisotopic (exact) mass is 389 g/mol. The maximum Gasteiger partial charge on any atom is 0.253 e. The second-order valence-corrected chi connectivity index (χ2v) is 8.14. The zero-order chi connectivity index (χ0) is 18.5. The number of methoxy groups -OCH3 is 1. The van der Waals surface area contributed by atoms with Crippen LogP contribution in [0.25, 0.3) is 11.4 Å². The van der Waals surface area contributed by atoms with Crippen molar-refractivity contribution in [1.29, 1.82) is 0 Å². The average Bonchev–Trinajstić information content (AvgIpc) is 3.34. The Bertz CT molecular complexity index is 866. The first-order valence-corrected chi connectivity index (χ1v) is 10.3. The van der Waals surface area contributed by atoms with Crippen LogP contribution < -0.4 is 5.32 Å². The predicted molar refractivity (Wildman–Crippen MR) is 107 cm³/mol. The largest absolute Gasteiger partial charge is 0.385 e. The molecule has 3 rings (SSSR count). The van der Waals surface area contributed by atoms with Gasteiger partial charge in [0.05, 0.1) is 28.5 Å². The van der Waals surface area contributed by atoms with E-state index < -0.39 is 0 Å². The van der Waals surface area contributed by atoms with E-state index in [1.807, 2.05) is 19.9 Å². The van der Waals surface area contributed by atoms with Crippen molar-refractivity contribution < 1.29 is 9.53 Å². The van der Waals surface area contributed by atoms with Crippen molar-refractivity contribution in [1.82, 2.24) is 14.9 Å². The van der Waals surface area contributed by atoms with Gasteiger partial charge in [-0.25, -0.2) is 4.98 Å². The number of ether oxygens (including phenoxy) is 1. The molecule has 138 valence electrons. The number of hydrogen-bond donors (Lipinski definition) is 1. The summed E-state index contributed by atoms with van der Waals surface area (Å²) in [5.74, 6) is -0.0447. The molecular weight excluding hydrogens is 366 g/mol. The second kappa shape index (κ2) is 8.62. The van der Waals surface area contributed by atoms with Gasteiger partial charge in [0, 0.05) is 36.2 Å².